The van der Waals surface area contributed by atoms with Gasteiger partial charge in [-0.2, -0.15) is 0 Å². The molecular weight excluding hydrogens is 284 g/mol. The first-order valence-corrected chi connectivity index (χ1v) is 7.41. The second-order valence-electron chi connectivity index (χ2n) is 4.57. The predicted molar refractivity (Wildman–Crippen MR) is 84.5 cm³/mol. The monoisotopic (exact) mass is 298 g/mol. The molecule has 3 rings (SSSR count). The number of thiophene rings is 1. The largest absolute Gasteiger partial charge is 0.493 e. The normalized spacial score (nSPS) is 10.5. The Morgan fingerprint density at radius 3 is 2.81 bits per heavy atom. The lowest BCUT2D eigenvalue weighted by Crippen LogP contribution is -1.97. The Morgan fingerprint density at radius 2 is 2.00 bits per heavy atom. The van der Waals surface area contributed by atoms with E-state index >= 15 is 0 Å². The molecule has 0 bridgehead atoms. The number of rotatable bonds is 5. The molecule has 3 nitrogen and oxygen atoms in total. The first kappa shape index (κ1) is 13.6. The second kappa shape index (κ2) is 5.97. The van der Waals surface area contributed by atoms with Crippen molar-refractivity contribution in [3.8, 4) is 11.5 Å². The fourth-order valence-corrected chi connectivity index (χ4v) is 3.12. The van der Waals surface area contributed by atoms with Gasteiger partial charge in [0.15, 0.2) is 11.5 Å². The van der Waals surface area contributed by atoms with E-state index in [9.17, 15) is 4.79 Å². The van der Waals surface area contributed by atoms with Gasteiger partial charge < -0.3 is 9.47 Å². The number of hydrogen-bond acceptors (Lipinski definition) is 4. The molecular formula is C17H14O3S. The van der Waals surface area contributed by atoms with E-state index in [1.807, 2.05) is 12.1 Å². The fraction of sp³-hybridized carbons (Fsp3) is 0.118. The minimum atomic E-state index is 0.473. The van der Waals surface area contributed by atoms with Crippen LogP contribution in [-0.4, -0.2) is 13.4 Å². The average molecular weight is 298 g/mol. The van der Waals surface area contributed by atoms with Gasteiger partial charge in [-0.3, -0.25) is 4.79 Å². The maximum Gasteiger partial charge on any atom is 0.161 e. The number of fused-ring (bicyclic) bond motifs is 1. The van der Waals surface area contributed by atoms with Crippen molar-refractivity contribution in [2.45, 2.75) is 6.61 Å². The summed E-state index contributed by atoms with van der Waals surface area (Å²) in [4.78, 5) is 10.8. The molecule has 0 amide bonds. The van der Waals surface area contributed by atoms with E-state index in [0.717, 1.165) is 11.8 Å². The summed E-state index contributed by atoms with van der Waals surface area (Å²) in [6.07, 6.45) is 0.790. The molecule has 106 valence electrons. The fourth-order valence-electron chi connectivity index (χ4n) is 2.18. The summed E-state index contributed by atoms with van der Waals surface area (Å²) in [5.41, 5.74) is 1.72. The van der Waals surface area contributed by atoms with Crippen molar-refractivity contribution in [3.63, 3.8) is 0 Å². The molecule has 21 heavy (non-hydrogen) atoms. The Hall–Kier alpha value is -2.33. The van der Waals surface area contributed by atoms with Gasteiger partial charge in [-0.1, -0.05) is 18.2 Å². The summed E-state index contributed by atoms with van der Waals surface area (Å²) in [6, 6.07) is 13.4. The molecule has 0 aliphatic carbocycles. The van der Waals surface area contributed by atoms with E-state index in [-0.39, 0.29) is 0 Å². The Balaban J connectivity index is 1.83. The Bertz CT molecular complexity index is 777. The van der Waals surface area contributed by atoms with Crippen LogP contribution < -0.4 is 9.47 Å². The van der Waals surface area contributed by atoms with E-state index in [2.05, 4.69) is 17.5 Å². The van der Waals surface area contributed by atoms with Crippen molar-refractivity contribution >= 4 is 27.7 Å². The van der Waals surface area contributed by atoms with Gasteiger partial charge in [0.2, 0.25) is 0 Å². The maximum atomic E-state index is 10.8. The molecule has 1 aromatic heterocycles. The van der Waals surface area contributed by atoms with Gasteiger partial charge in [-0.25, -0.2) is 0 Å². The van der Waals surface area contributed by atoms with Crippen LogP contribution in [0.5, 0.6) is 11.5 Å². The maximum absolute atomic E-state index is 10.8. The standard InChI is InChI=1S/C17H14O3S/c1-19-16-8-12(9-18)6-7-15(16)20-10-13-11-21-17-5-3-2-4-14(13)17/h2-9,11H,10H2,1H3. The third kappa shape index (κ3) is 2.76. The summed E-state index contributed by atoms with van der Waals surface area (Å²) < 4.78 is 12.4. The SMILES string of the molecule is COc1cc(C=O)ccc1OCc1csc2ccccc12. The van der Waals surface area contributed by atoms with Gasteiger partial charge in [-0.05, 0) is 35.0 Å². The number of aldehydes is 1. The smallest absolute Gasteiger partial charge is 0.161 e. The van der Waals surface area contributed by atoms with Crippen LogP contribution in [0.25, 0.3) is 10.1 Å². The topological polar surface area (TPSA) is 35.5 Å². The molecule has 0 atom stereocenters. The zero-order chi connectivity index (χ0) is 14.7. The van der Waals surface area contributed by atoms with E-state index in [4.69, 9.17) is 9.47 Å². The number of ether oxygens (including phenoxy) is 2. The molecule has 1 heterocycles. The minimum Gasteiger partial charge on any atom is -0.493 e. The molecule has 0 saturated carbocycles. The summed E-state index contributed by atoms with van der Waals surface area (Å²) in [5, 5.41) is 3.32. The van der Waals surface area contributed by atoms with E-state index in [1.54, 1.807) is 36.6 Å². The first-order chi connectivity index (χ1) is 10.3. The number of hydrogen-bond donors (Lipinski definition) is 0. The van der Waals surface area contributed by atoms with Crippen LogP contribution in [0.4, 0.5) is 0 Å². The Kier molecular flexibility index (Phi) is 3.88. The average Bonchev–Trinajstić information content (AvgIpc) is 2.96. The Labute approximate surface area is 126 Å². The van der Waals surface area contributed by atoms with E-state index in [1.165, 1.54) is 10.1 Å². The number of carbonyl (C=O) groups excluding carboxylic acids is 1. The van der Waals surface area contributed by atoms with Crippen LogP contribution >= 0.6 is 11.3 Å². The van der Waals surface area contributed by atoms with Crippen LogP contribution in [0, 0.1) is 0 Å². The molecule has 0 fully saturated rings. The quantitative estimate of drug-likeness (QED) is 0.659. The molecule has 0 aliphatic rings. The summed E-state index contributed by atoms with van der Waals surface area (Å²) >= 11 is 1.71. The van der Waals surface area contributed by atoms with Crippen molar-refractivity contribution in [2.24, 2.45) is 0 Å². The number of carbonyl (C=O) groups is 1. The third-order valence-corrected chi connectivity index (χ3v) is 4.28. The van der Waals surface area contributed by atoms with Gasteiger partial charge in [0.25, 0.3) is 0 Å². The van der Waals surface area contributed by atoms with Crippen molar-refractivity contribution in [2.75, 3.05) is 7.11 Å². The van der Waals surface area contributed by atoms with E-state index in [0.29, 0.717) is 23.7 Å². The molecule has 0 aliphatic heterocycles. The molecule has 0 N–H and O–H groups in total. The second-order valence-corrected chi connectivity index (χ2v) is 5.49. The van der Waals surface area contributed by atoms with Crippen LogP contribution in [0.3, 0.4) is 0 Å². The van der Waals surface area contributed by atoms with Gasteiger partial charge >= 0.3 is 0 Å². The van der Waals surface area contributed by atoms with Gasteiger partial charge in [0.05, 0.1) is 7.11 Å². The molecule has 2 aromatic carbocycles. The van der Waals surface area contributed by atoms with Crippen LogP contribution in [0.2, 0.25) is 0 Å². The third-order valence-electron chi connectivity index (χ3n) is 3.27. The zero-order valence-corrected chi connectivity index (χ0v) is 12.4. The lowest BCUT2D eigenvalue weighted by Gasteiger charge is -2.10. The molecule has 0 unspecified atom stereocenters. The van der Waals surface area contributed by atoms with Gasteiger partial charge in [-0.15, -0.1) is 11.3 Å². The summed E-state index contributed by atoms with van der Waals surface area (Å²) in [5.74, 6) is 1.21. The molecule has 0 radical (unpaired) electrons. The highest BCUT2D eigenvalue weighted by molar-refractivity contribution is 7.17. The molecule has 0 saturated heterocycles. The molecule has 3 aromatic rings. The molecule has 4 heteroatoms. The van der Waals surface area contributed by atoms with Crippen molar-refractivity contribution in [3.05, 3.63) is 59.0 Å². The van der Waals surface area contributed by atoms with Gasteiger partial charge in [0, 0.05) is 15.8 Å². The number of methoxy groups -OCH3 is 1. The van der Waals surface area contributed by atoms with Crippen molar-refractivity contribution in [1.29, 1.82) is 0 Å². The van der Waals surface area contributed by atoms with Crippen molar-refractivity contribution < 1.29 is 14.3 Å². The zero-order valence-electron chi connectivity index (χ0n) is 11.5. The lowest BCUT2D eigenvalue weighted by molar-refractivity contribution is 0.112. The highest BCUT2D eigenvalue weighted by Crippen LogP contribution is 2.31. The predicted octanol–water partition coefficient (Wildman–Crippen LogP) is 4.30. The highest BCUT2D eigenvalue weighted by atomic mass is 32.1. The van der Waals surface area contributed by atoms with Gasteiger partial charge in [0.1, 0.15) is 12.9 Å². The first-order valence-electron chi connectivity index (χ1n) is 6.53. The minimum absolute atomic E-state index is 0.473. The molecule has 0 spiro atoms. The summed E-state index contributed by atoms with van der Waals surface area (Å²) in [7, 11) is 1.57. The van der Waals surface area contributed by atoms with Crippen molar-refractivity contribution in [1.82, 2.24) is 0 Å². The lowest BCUT2D eigenvalue weighted by atomic mass is 10.2. The Morgan fingerprint density at radius 1 is 1.14 bits per heavy atom. The number of benzene rings is 2. The van der Waals surface area contributed by atoms with E-state index < -0.39 is 0 Å². The highest BCUT2D eigenvalue weighted by Gasteiger charge is 2.08. The van der Waals surface area contributed by atoms with Crippen LogP contribution in [-0.2, 0) is 6.61 Å². The van der Waals surface area contributed by atoms with Crippen LogP contribution in [0.15, 0.2) is 47.8 Å². The van der Waals surface area contributed by atoms with Crippen LogP contribution in [0.1, 0.15) is 15.9 Å². The summed E-state index contributed by atoms with van der Waals surface area (Å²) in [6.45, 7) is 0.473.